The number of anilines is 1. The molecule has 3 heterocycles. The molecule has 2 aliphatic heterocycles. The van der Waals surface area contributed by atoms with Gasteiger partial charge < -0.3 is 10.1 Å². The van der Waals surface area contributed by atoms with E-state index in [9.17, 15) is 4.79 Å². The van der Waals surface area contributed by atoms with Gasteiger partial charge in [0, 0.05) is 56.3 Å². The second-order valence-corrected chi connectivity index (χ2v) is 7.41. The lowest BCUT2D eigenvalue weighted by atomic mass is 9.71. The van der Waals surface area contributed by atoms with Crippen molar-refractivity contribution in [3.05, 3.63) is 60.4 Å². The molecule has 4 rings (SSSR count). The van der Waals surface area contributed by atoms with Gasteiger partial charge in [0.1, 0.15) is 0 Å². The van der Waals surface area contributed by atoms with Gasteiger partial charge in [0.2, 0.25) is 5.91 Å². The van der Waals surface area contributed by atoms with Gasteiger partial charge in [-0.1, -0.05) is 24.3 Å². The van der Waals surface area contributed by atoms with Crippen LogP contribution in [0.2, 0.25) is 0 Å². The predicted octanol–water partition coefficient (Wildman–Crippen LogP) is 2.95. The van der Waals surface area contributed by atoms with E-state index in [0.717, 1.165) is 51.4 Å². The number of para-hydroxylation sites is 1. The zero-order chi connectivity index (χ0) is 17.8. The van der Waals surface area contributed by atoms with E-state index in [1.165, 1.54) is 5.56 Å². The maximum absolute atomic E-state index is 13.1. The molecule has 1 spiro atoms. The second-order valence-electron chi connectivity index (χ2n) is 7.41. The molecule has 1 aromatic carbocycles. The van der Waals surface area contributed by atoms with E-state index in [2.05, 4.69) is 21.3 Å². The van der Waals surface area contributed by atoms with Crippen LogP contribution in [0.25, 0.3) is 0 Å². The third kappa shape index (κ3) is 3.64. The van der Waals surface area contributed by atoms with Gasteiger partial charge in [-0.15, -0.1) is 0 Å². The Balaban J connectivity index is 1.51. The molecule has 2 saturated heterocycles. The van der Waals surface area contributed by atoms with E-state index in [1.54, 1.807) is 6.20 Å². The van der Waals surface area contributed by atoms with Crippen LogP contribution in [0.15, 0.2) is 54.9 Å². The molecule has 0 aliphatic carbocycles. The molecule has 1 atom stereocenters. The Morgan fingerprint density at radius 3 is 2.73 bits per heavy atom. The van der Waals surface area contributed by atoms with Gasteiger partial charge in [0.05, 0.1) is 5.92 Å². The van der Waals surface area contributed by atoms with Gasteiger partial charge in [0.25, 0.3) is 0 Å². The first-order chi connectivity index (χ1) is 12.8. The van der Waals surface area contributed by atoms with Gasteiger partial charge in [0.15, 0.2) is 0 Å². The summed E-state index contributed by atoms with van der Waals surface area (Å²) in [5.41, 5.74) is 2.07. The summed E-state index contributed by atoms with van der Waals surface area (Å²) in [6.45, 7) is 4.06. The number of likely N-dealkylation sites (tertiary alicyclic amines) is 1. The molecule has 0 saturated carbocycles. The minimum absolute atomic E-state index is 0.0109. The number of hydrogen-bond donors (Lipinski definition) is 1. The quantitative estimate of drug-likeness (QED) is 0.920. The molecule has 136 valence electrons. The SMILES string of the molecule is O=C(Nc1ccccc1)[C@@H]1CN(Cc2cccnc2)CC12CCOCC2. The minimum Gasteiger partial charge on any atom is -0.381 e. The number of benzene rings is 1. The third-order valence-corrected chi connectivity index (χ3v) is 5.69. The molecule has 2 aromatic rings. The Kier molecular flexibility index (Phi) is 5.00. The molecular weight excluding hydrogens is 326 g/mol. The van der Waals surface area contributed by atoms with Crippen LogP contribution in [-0.2, 0) is 16.1 Å². The highest BCUT2D eigenvalue weighted by Crippen LogP contribution is 2.45. The average molecular weight is 351 g/mol. The first kappa shape index (κ1) is 17.2. The monoisotopic (exact) mass is 351 g/mol. The molecular formula is C21H25N3O2. The van der Waals surface area contributed by atoms with Gasteiger partial charge >= 0.3 is 0 Å². The number of aromatic nitrogens is 1. The molecule has 0 radical (unpaired) electrons. The Labute approximate surface area is 154 Å². The van der Waals surface area contributed by atoms with Crippen molar-refractivity contribution in [3.8, 4) is 0 Å². The van der Waals surface area contributed by atoms with Crippen molar-refractivity contribution in [2.75, 3.05) is 31.6 Å². The molecule has 2 aliphatic rings. The van der Waals surface area contributed by atoms with E-state index in [4.69, 9.17) is 4.74 Å². The Bertz CT molecular complexity index is 729. The first-order valence-corrected chi connectivity index (χ1v) is 9.30. The number of nitrogens with one attached hydrogen (secondary N) is 1. The fraction of sp³-hybridized carbons (Fsp3) is 0.429. The van der Waals surface area contributed by atoms with Crippen molar-refractivity contribution in [2.24, 2.45) is 11.3 Å². The van der Waals surface area contributed by atoms with Crippen molar-refractivity contribution < 1.29 is 9.53 Å². The van der Waals surface area contributed by atoms with Crippen LogP contribution in [0, 0.1) is 11.3 Å². The minimum atomic E-state index is -0.0109. The molecule has 0 unspecified atom stereocenters. The number of amides is 1. The van der Waals surface area contributed by atoms with Gasteiger partial charge in [-0.3, -0.25) is 14.7 Å². The third-order valence-electron chi connectivity index (χ3n) is 5.69. The van der Waals surface area contributed by atoms with Crippen LogP contribution >= 0.6 is 0 Å². The van der Waals surface area contributed by atoms with Crippen LogP contribution in [0.1, 0.15) is 18.4 Å². The fourth-order valence-electron chi connectivity index (χ4n) is 4.34. The summed E-state index contributed by atoms with van der Waals surface area (Å²) in [5, 5.41) is 3.12. The van der Waals surface area contributed by atoms with Gasteiger partial charge in [-0.05, 0) is 36.6 Å². The second kappa shape index (κ2) is 7.56. The lowest BCUT2D eigenvalue weighted by Gasteiger charge is -2.37. The molecule has 1 amide bonds. The van der Waals surface area contributed by atoms with Crippen molar-refractivity contribution in [1.82, 2.24) is 9.88 Å². The van der Waals surface area contributed by atoms with E-state index in [0.29, 0.717) is 0 Å². The number of carbonyl (C=O) groups excluding carboxylic acids is 1. The summed E-state index contributed by atoms with van der Waals surface area (Å²) in [7, 11) is 0. The zero-order valence-electron chi connectivity index (χ0n) is 14.9. The highest BCUT2D eigenvalue weighted by Gasteiger charge is 2.50. The smallest absolute Gasteiger partial charge is 0.229 e. The van der Waals surface area contributed by atoms with Gasteiger partial charge in [-0.25, -0.2) is 0 Å². The number of pyridine rings is 1. The fourth-order valence-corrected chi connectivity index (χ4v) is 4.34. The standard InChI is InChI=1S/C21H25N3O2/c25-20(23-18-6-2-1-3-7-18)19-15-24(14-17-5-4-10-22-13-17)16-21(19)8-11-26-12-9-21/h1-7,10,13,19H,8-9,11-12,14-16H2,(H,23,25)/t19-/m0/s1. The summed E-state index contributed by atoms with van der Waals surface area (Å²) in [6, 6.07) is 13.8. The molecule has 26 heavy (non-hydrogen) atoms. The van der Waals surface area contributed by atoms with Crippen molar-refractivity contribution in [1.29, 1.82) is 0 Å². The number of carbonyl (C=O) groups is 1. The molecule has 1 aromatic heterocycles. The summed E-state index contributed by atoms with van der Waals surface area (Å²) in [4.78, 5) is 19.7. The van der Waals surface area contributed by atoms with E-state index >= 15 is 0 Å². The van der Waals surface area contributed by atoms with Crippen molar-refractivity contribution >= 4 is 11.6 Å². The Morgan fingerprint density at radius 1 is 1.19 bits per heavy atom. The summed E-state index contributed by atoms with van der Waals surface area (Å²) in [5.74, 6) is 0.120. The summed E-state index contributed by atoms with van der Waals surface area (Å²) in [6.07, 6.45) is 5.60. The van der Waals surface area contributed by atoms with E-state index < -0.39 is 0 Å². The number of ether oxygens (including phenoxy) is 1. The van der Waals surface area contributed by atoms with Crippen LogP contribution < -0.4 is 5.32 Å². The molecule has 0 bridgehead atoms. The lowest BCUT2D eigenvalue weighted by molar-refractivity contribution is -0.124. The average Bonchev–Trinajstić information content (AvgIpc) is 3.01. The van der Waals surface area contributed by atoms with Crippen LogP contribution in [0.4, 0.5) is 5.69 Å². The lowest BCUT2D eigenvalue weighted by Crippen LogP contribution is -2.42. The largest absolute Gasteiger partial charge is 0.381 e. The van der Waals surface area contributed by atoms with Crippen LogP contribution in [-0.4, -0.2) is 42.1 Å². The highest BCUT2D eigenvalue weighted by molar-refractivity contribution is 5.93. The summed E-state index contributed by atoms with van der Waals surface area (Å²) < 4.78 is 5.60. The number of nitrogens with zero attached hydrogens (tertiary/aromatic N) is 2. The number of hydrogen-bond acceptors (Lipinski definition) is 4. The molecule has 5 nitrogen and oxygen atoms in total. The van der Waals surface area contributed by atoms with Crippen molar-refractivity contribution in [3.63, 3.8) is 0 Å². The first-order valence-electron chi connectivity index (χ1n) is 9.30. The maximum Gasteiger partial charge on any atom is 0.229 e. The Morgan fingerprint density at radius 2 is 2.00 bits per heavy atom. The summed E-state index contributed by atoms with van der Waals surface area (Å²) >= 11 is 0. The molecule has 2 fully saturated rings. The normalized spacial score (nSPS) is 22.4. The van der Waals surface area contributed by atoms with Crippen molar-refractivity contribution in [2.45, 2.75) is 19.4 Å². The predicted molar refractivity (Wildman–Crippen MR) is 101 cm³/mol. The van der Waals surface area contributed by atoms with E-state index in [1.807, 2.05) is 42.6 Å². The van der Waals surface area contributed by atoms with Gasteiger partial charge in [-0.2, -0.15) is 0 Å². The topological polar surface area (TPSA) is 54.5 Å². The van der Waals surface area contributed by atoms with Crippen LogP contribution in [0.3, 0.4) is 0 Å². The Hall–Kier alpha value is -2.24. The highest BCUT2D eigenvalue weighted by atomic mass is 16.5. The van der Waals surface area contributed by atoms with E-state index in [-0.39, 0.29) is 17.2 Å². The zero-order valence-corrected chi connectivity index (χ0v) is 14.9. The maximum atomic E-state index is 13.1. The molecule has 5 heteroatoms. The van der Waals surface area contributed by atoms with Crippen LogP contribution in [0.5, 0.6) is 0 Å². The number of rotatable bonds is 4. The molecule has 1 N–H and O–H groups in total.